The average molecular weight is 383 g/mol. The standard InChI is InChI=1S/C18H14ClF3N2O2/c1-9-5-10(2)17-14(24-26-15(17)6-9)8-16(25)23-11-3-4-13(19)12(7-11)18(20,21)22/h3-7H,8H2,1-2H3,(H,23,25). The first-order valence-corrected chi connectivity index (χ1v) is 8.05. The van der Waals surface area contributed by atoms with Gasteiger partial charge in [-0.3, -0.25) is 4.79 Å². The molecule has 4 nitrogen and oxygen atoms in total. The number of fused-ring (bicyclic) bond motifs is 1. The third-order valence-electron chi connectivity index (χ3n) is 3.87. The molecule has 0 fully saturated rings. The van der Waals surface area contributed by atoms with Crippen LogP contribution in [0.25, 0.3) is 11.0 Å². The number of hydrogen-bond acceptors (Lipinski definition) is 3. The Bertz CT molecular complexity index is 996. The number of benzene rings is 2. The number of carbonyl (C=O) groups is 1. The maximum atomic E-state index is 12.9. The predicted octanol–water partition coefficient (Wildman–Crippen LogP) is 5.30. The molecule has 0 saturated heterocycles. The van der Waals surface area contributed by atoms with E-state index in [1.165, 1.54) is 6.07 Å². The van der Waals surface area contributed by atoms with Gasteiger partial charge in [-0.05, 0) is 49.2 Å². The predicted molar refractivity (Wildman–Crippen MR) is 92.3 cm³/mol. The highest BCUT2D eigenvalue weighted by molar-refractivity contribution is 6.31. The summed E-state index contributed by atoms with van der Waals surface area (Å²) < 4.78 is 44.0. The van der Waals surface area contributed by atoms with Crippen molar-refractivity contribution in [2.75, 3.05) is 5.32 Å². The zero-order chi connectivity index (χ0) is 19.1. The van der Waals surface area contributed by atoms with Crippen molar-refractivity contribution in [3.8, 4) is 0 Å². The van der Waals surface area contributed by atoms with E-state index in [-0.39, 0.29) is 12.1 Å². The van der Waals surface area contributed by atoms with E-state index in [0.717, 1.165) is 28.6 Å². The molecule has 1 N–H and O–H groups in total. The summed E-state index contributed by atoms with van der Waals surface area (Å²) in [5.41, 5.74) is 1.91. The molecule has 0 spiro atoms. The molecule has 0 aliphatic carbocycles. The number of nitrogens with one attached hydrogen (secondary N) is 1. The molecular formula is C18H14ClF3N2O2. The topological polar surface area (TPSA) is 55.1 Å². The van der Waals surface area contributed by atoms with Crippen molar-refractivity contribution in [1.29, 1.82) is 0 Å². The first kappa shape index (κ1) is 18.3. The first-order chi connectivity index (χ1) is 12.1. The summed E-state index contributed by atoms with van der Waals surface area (Å²) in [7, 11) is 0. The highest BCUT2D eigenvalue weighted by atomic mass is 35.5. The Morgan fingerprint density at radius 2 is 1.96 bits per heavy atom. The molecule has 2 aromatic carbocycles. The monoisotopic (exact) mass is 382 g/mol. The summed E-state index contributed by atoms with van der Waals surface area (Å²) in [4.78, 5) is 12.2. The Balaban J connectivity index is 1.82. The third kappa shape index (κ3) is 3.67. The fourth-order valence-corrected chi connectivity index (χ4v) is 3.04. The van der Waals surface area contributed by atoms with Gasteiger partial charge in [-0.1, -0.05) is 22.8 Å². The fraction of sp³-hybridized carbons (Fsp3) is 0.222. The van der Waals surface area contributed by atoms with Crippen LogP contribution in [-0.2, 0) is 17.4 Å². The number of hydrogen-bond donors (Lipinski definition) is 1. The Labute approximate surface area is 151 Å². The number of alkyl halides is 3. The van der Waals surface area contributed by atoms with Gasteiger partial charge in [0.2, 0.25) is 5.91 Å². The van der Waals surface area contributed by atoms with E-state index in [4.69, 9.17) is 16.1 Å². The number of rotatable bonds is 3. The molecule has 0 aliphatic rings. The lowest BCUT2D eigenvalue weighted by molar-refractivity contribution is -0.137. The van der Waals surface area contributed by atoms with Crippen molar-refractivity contribution in [2.24, 2.45) is 0 Å². The number of halogens is 4. The summed E-state index contributed by atoms with van der Waals surface area (Å²) in [6.07, 6.45) is -4.73. The van der Waals surface area contributed by atoms with E-state index in [2.05, 4.69) is 10.5 Å². The molecule has 1 amide bonds. The number of aryl methyl sites for hydroxylation is 2. The van der Waals surface area contributed by atoms with E-state index in [1.54, 1.807) is 0 Å². The SMILES string of the molecule is Cc1cc(C)c2c(CC(=O)Nc3ccc(Cl)c(C(F)(F)F)c3)noc2c1. The lowest BCUT2D eigenvalue weighted by Crippen LogP contribution is -2.16. The van der Waals surface area contributed by atoms with Crippen LogP contribution in [-0.4, -0.2) is 11.1 Å². The summed E-state index contributed by atoms with van der Waals surface area (Å²) in [5.74, 6) is -0.504. The number of carbonyl (C=O) groups excluding carboxylic acids is 1. The summed E-state index contributed by atoms with van der Waals surface area (Å²) in [6.45, 7) is 3.79. The minimum atomic E-state index is -4.60. The second-order valence-electron chi connectivity index (χ2n) is 6.00. The molecule has 0 saturated carbocycles. The second kappa shape index (κ2) is 6.64. The van der Waals surface area contributed by atoms with Gasteiger partial charge in [0.05, 0.1) is 17.0 Å². The van der Waals surface area contributed by atoms with Crippen molar-refractivity contribution in [1.82, 2.24) is 5.16 Å². The minimum absolute atomic E-state index is 0.00657. The van der Waals surface area contributed by atoms with Crippen molar-refractivity contribution in [3.05, 3.63) is 57.7 Å². The number of anilines is 1. The lowest BCUT2D eigenvalue weighted by atomic mass is 10.0. The van der Waals surface area contributed by atoms with Crippen LogP contribution in [0.3, 0.4) is 0 Å². The largest absolute Gasteiger partial charge is 0.417 e. The van der Waals surface area contributed by atoms with E-state index in [9.17, 15) is 18.0 Å². The minimum Gasteiger partial charge on any atom is -0.356 e. The van der Waals surface area contributed by atoms with Gasteiger partial charge in [-0.25, -0.2) is 0 Å². The molecule has 0 unspecified atom stereocenters. The zero-order valence-corrected chi connectivity index (χ0v) is 14.6. The van der Waals surface area contributed by atoms with Gasteiger partial charge in [-0.2, -0.15) is 13.2 Å². The average Bonchev–Trinajstić information content (AvgIpc) is 2.90. The Hall–Kier alpha value is -2.54. The summed E-state index contributed by atoms with van der Waals surface area (Å²) in [6, 6.07) is 6.96. The van der Waals surface area contributed by atoms with Gasteiger partial charge < -0.3 is 9.84 Å². The van der Waals surface area contributed by atoms with Crippen LogP contribution >= 0.6 is 11.6 Å². The van der Waals surface area contributed by atoms with E-state index in [1.807, 2.05) is 26.0 Å². The molecule has 0 radical (unpaired) electrons. The molecule has 26 heavy (non-hydrogen) atoms. The second-order valence-corrected chi connectivity index (χ2v) is 6.41. The van der Waals surface area contributed by atoms with E-state index in [0.29, 0.717) is 11.3 Å². The van der Waals surface area contributed by atoms with E-state index >= 15 is 0 Å². The van der Waals surface area contributed by atoms with Crippen molar-refractivity contribution in [2.45, 2.75) is 26.4 Å². The van der Waals surface area contributed by atoms with Gasteiger partial charge in [0.1, 0.15) is 5.69 Å². The smallest absolute Gasteiger partial charge is 0.356 e. The van der Waals surface area contributed by atoms with Crippen LogP contribution in [0.4, 0.5) is 18.9 Å². The zero-order valence-electron chi connectivity index (χ0n) is 13.9. The van der Waals surface area contributed by atoms with Crippen LogP contribution in [0.5, 0.6) is 0 Å². The quantitative estimate of drug-likeness (QED) is 0.669. The fourth-order valence-electron chi connectivity index (χ4n) is 2.82. The Kier molecular flexibility index (Phi) is 4.66. The van der Waals surface area contributed by atoms with Crippen LogP contribution in [0.1, 0.15) is 22.4 Å². The van der Waals surface area contributed by atoms with Gasteiger partial charge in [0, 0.05) is 11.1 Å². The van der Waals surface area contributed by atoms with Crippen molar-refractivity contribution in [3.63, 3.8) is 0 Å². The van der Waals surface area contributed by atoms with Crippen molar-refractivity contribution < 1.29 is 22.5 Å². The summed E-state index contributed by atoms with van der Waals surface area (Å²) in [5, 5.41) is 6.66. The molecule has 136 valence electrons. The third-order valence-corrected chi connectivity index (χ3v) is 4.20. The van der Waals surface area contributed by atoms with Crippen LogP contribution < -0.4 is 5.32 Å². The van der Waals surface area contributed by atoms with Crippen LogP contribution in [0, 0.1) is 13.8 Å². The first-order valence-electron chi connectivity index (χ1n) is 7.67. The number of aromatic nitrogens is 1. The molecule has 0 bridgehead atoms. The highest BCUT2D eigenvalue weighted by Crippen LogP contribution is 2.36. The lowest BCUT2D eigenvalue weighted by Gasteiger charge is -2.11. The van der Waals surface area contributed by atoms with Crippen LogP contribution in [0.2, 0.25) is 5.02 Å². The maximum Gasteiger partial charge on any atom is 0.417 e. The molecule has 1 aromatic heterocycles. The Morgan fingerprint density at radius 1 is 1.23 bits per heavy atom. The molecule has 8 heteroatoms. The Morgan fingerprint density at radius 3 is 2.65 bits per heavy atom. The van der Waals surface area contributed by atoms with Gasteiger partial charge in [0.15, 0.2) is 5.58 Å². The highest BCUT2D eigenvalue weighted by Gasteiger charge is 2.33. The molecule has 0 atom stereocenters. The van der Waals surface area contributed by atoms with Gasteiger partial charge >= 0.3 is 6.18 Å². The summed E-state index contributed by atoms with van der Waals surface area (Å²) >= 11 is 5.57. The molecular weight excluding hydrogens is 369 g/mol. The van der Waals surface area contributed by atoms with E-state index < -0.39 is 22.7 Å². The van der Waals surface area contributed by atoms with Gasteiger partial charge in [-0.15, -0.1) is 0 Å². The maximum absolute atomic E-state index is 12.9. The molecule has 3 aromatic rings. The number of nitrogens with zero attached hydrogens (tertiary/aromatic N) is 1. The van der Waals surface area contributed by atoms with Crippen molar-refractivity contribution >= 4 is 34.2 Å². The number of amides is 1. The van der Waals surface area contributed by atoms with Crippen LogP contribution in [0.15, 0.2) is 34.9 Å². The normalized spacial score (nSPS) is 11.8. The molecule has 3 rings (SSSR count). The van der Waals surface area contributed by atoms with Gasteiger partial charge in [0.25, 0.3) is 0 Å². The molecule has 1 heterocycles. The molecule has 0 aliphatic heterocycles.